The molecule has 0 saturated carbocycles. The monoisotopic (exact) mass is 248 g/mol. The Morgan fingerprint density at radius 1 is 0.941 bits per heavy atom. The molecule has 0 amide bonds. The molecular weight excluding hydrogens is 226 g/mol. The van der Waals surface area contributed by atoms with E-state index >= 15 is 0 Å². The molecule has 0 atom stereocenters. The van der Waals surface area contributed by atoms with Gasteiger partial charge < -0.3 is 4.57 Å². The van der Waals surface area contributed by atoms with Crippen molar-refractivity contribution in [3.05, 3.63) is 24.3 Å². The molecule has 0 spiro atoms. The summed E-state index contributed by atoms with van der Waals surface area (Å²) >= 11 is 0. The van der Waals surface area contributed by atoms with Crippen molar-refractivity contribution in [1.82, 2.24) is 0 Å². The van der Waals surface area contributed by atoms with Crippen LogP contribution in [0.25, 0.3) is 0 Å². The maximum atomic E-state index is 13.6. The Morgan fingerprint density at radius 3 is 1.71 bits per heavy atom. The van der Waals surface area contributed by atoms with Gasteiger partial charge in [0.05, 0.1) is 0 Å². The summed E-state index contributed by atoms with van der Waals surface area (Å²) in [6, 6.07) is 7.54. The lowest BCUT2D eigenvalue weighted by Crippen LogP contribution is -2.40. The van der Waals surface area contributed by atoms with Gasteiger partial charge in [-0.3, -0.25) is 0 Å². The molecule has 17 heavy (non-hydrogen) atoms. The lowest BCUT2D eigenvalue weighted by molar-refractivity contribution is 0.528. The quantitative estimate of drug-likeness (QED) is 0.551. The predicted octanol–water partition coefficient (Wildman–Crippen LogP) is 3.07. The smallest absolute Gasteiger partial charge is 0.125 e. The lowest BCUT2D eigenvalue weighted by Gasteiger charge is -2.42. The summed E-state index contributed by atoms with van der Waals surface area (Å²) in [6.07, 6.45) is 0. The predicted molar refractivity (Wildman–Crippen MR) is 78.6 cm³/mol. The zero-order valence-electron chi connectivity index (χ0n) is 11.7. The fourth-order valence-electron chi connectivity index (χ4n) is 2.50. The van der Waals surface area contributed by atoms with E-state index in [4.69, 9.17) is 7.85 Å². The Morgan fingerprint density at radius 2 is 1.35 bits per heavy atom. The topological polar surface area (TPSA) is 17.1 Å². The third-order valence-corrected chi connectivity index (χ3v) is 8.03. The van der Waals surface area contributed by atoms with Crippen LogP contribution in [0.1, 0.15) is 41.5 Å². The van der Waals surface area contributed by atoms with Crippen LogP contribution < -0.4 is 10.8 Å². The Kier molecular flexibility index (Phi) is 3.70. The summed E-state index contributed by atoms with van der Waals surface area (Å²) in [5, 5.41) is 0.238. The van der Waals surface area contributed by atoms with E-state index in [1.807, 2.05) is 65.8 Å². The van der Waals surface area contributed by atoms with E-state index in [9.17, 15) is 4.57 Å². The van der Waals surface area contributed by atoms with Gasteiger partial charge in [-0.1, -0.05) is 71.3 Å². The van der Waals surface area contributed by atoms with Gasteiger partial charge in [-0.25, -0.2) is 0 Å². The van der Waals surface area contributed by atoms with E-state index in [-0.39, 0.29) is 10.3 Å². The van der Waals surface area contributed by atoms with Crippen LogP contribution >= 0.6 is 7.14 Å². The molecule has 0 heterocycles. The summed E-state index contributed by atoms with van der Waals surface area (Å²) in [7, 11) is 3.43. The average molecular weight is 248 g/mol. The molecule has 0 unspecified atom stereocenters. The minimum absolute atomic E-state index is 0.291. The van der Waals surface area contributed by atoms with Gasteiger partial charge in [0.25, 0.3) is 0 Å². The van der Waals surface area contributed by atoms with Crippen molar-refractivity contribution in [3.63, 3.8) is 0 Å². The normalized spacial score (nSPS) is 13.8. The highest BCUT2D eigenvalue weighted by atomic mass is 31.2. The molecule has 1 nitrogen and oxygen atoms in total. The van der Waals surface area contributed by atoms with Gasteiger partial charge in [-0.2, -0.15) is 0 Å². The molecule has 0 fully saturated rings. The number of benzene rings is 1. The number of rotatable bonds is 1. The lowest BCUT2D eigenvalue weighted by atomic mass is 9.97. The molecular formula is C14H22BOP. The van der Waals surface area contributed by atoms with Crippen molar-refractivity contribution >= 4 is 25.8 Å². The summed E-state index contributed by atoms with van der Waals surface area (Å²) in [5.74, 6) is 0. The van der Waals surface area contributed by atoms with Crippen molar-refractivity contribution in [2.24, 2.45) is 0 Å². The first-order valence-electron chi connectivity index (χ1n) is 5.97. The van der Waals surface area contributed by atoms with Crippen LogP contribution in [0.2, 0.25) is 0 Å². The summed E-state index contributed by atoms with van der Waals surface area (Å²) in [6.45, 7) is 12.2. The van der Waals surface area contributed by atoms with Crippen LogP contribution in [0, 0.1) is 0 Å². The van der Waals surface area contributed by atoms with E-state index in [1.165, 1.54) is 0 Å². The van der Waals surface area contributed by atoms with Gasteiger partial charge in [-0.15, -0.1) is 0 Å². The summed E-state index contributed by atoms with van der Waals surface area (Å²) < 4.78 is 13.6. The van der Waals surface area contributed by atoms with Gasteiger partial charge in [0, 0.05) is 15.6 Å². The molecule has 0 aliphatic carbocycles. The van der Waals surface area contributed by atoms with E-state index in [2.05, 4.69) is 0 Å². The highest BCUT2D eigenvalue weighted by Gasteiger charge is 2.47. The van der Waals surface area contributed by atoms with Crippen molar-refractivity contribution in [3.8, 4) is 0 Å². The van der Waals surface area contributed by atoms with E-state index < -0.39 is 7.14 Å². The molecule has 0 saturated heterocycles. The third-order valence-electron chi connectivity index (χ3n) is 3.17. The van der Waals surface area contributed by atoms with Gasteiger partial charge >= 0.3 is 0 Å². The highest BCUT2D eigenvalue weighted by Crippen LogP contribution is 2.65. The Hall–Kier alpha value is -0.485. The van der Waals surface area contributed by atoms with Gasteiger partial charge in [0.2, 0.25) is 0 Å². The minimum atomic E-state index is -2.60. The third kappa shape index (κ3) is 2.38. The standard InChI is InChI=1S/C14H22BOP/c1-13(2,3)17(16,14(4,5)6)12-10-8-7-9-11(12)15/h7-10H,1-6H3. The Balaban J connectivity index is 3.59. The SMILES string of the molecule is [B]c1ccccc1P(=O)(C(C)(C)C)C(C)(C)C. The van der Waals surface area contributed by atoms with Crippen molar-refractivity contribution in [2.45, 2.75) is 51.9 Å². The van der Waals surface area contributed by atoms with Crippen LogP contribution in [0.4, 0.5) is 0 Å². The maximum absolute atomic E-state index is 13.6. The van der Waals surface area contributed by atoms with E-state index in [0.29, 0.717) is 5.46 Å². The number of hydrogen-bond acceptors (Lipinski definition) is 1. The molecule has 1 aromatic rings. The molecule has 0 aromatic heterocycles. The van der Waals surface area contributed by atoms with Crippen LogP contribution in [0.5, 0.6) is 0 Å². The molecule has 1 aromatic carbocycles. The fourth-order valence-corrected chi connectivity index (χ4v) is 6.70. The number of hydrogen-bond donors (Lipinski definition) is 0. The first kappa shape index (κ1) is 14.6. The van der Waals surface area contributed by atoms with Gasteiger partial charge in [0.15, 0.2) is 0 Å². The first-order valence-corrected chi connectivity index (χ1v) is 7.68. The Labute approximate surface area is 107 Å². The van der Waals surface area contributed by atoms with Crippen LogP contribution in [-0.4, -0.2) is 18.2 Å². The highest BCUT2D eigenvalue weighted by molar-refractivity contribution is 7.74. The summed E-state index contributed by atoms with van der Waals surface area (Å²) in [4.78, 5) is 0. The molecule has 1 rings (SSSR count). The molecule has 2 radical (unpaired) electrons. The van der Waals surface area contributed by atoms with Crippen molar-refractivity contribution < 1.29 is 4.57 Å². The molecule has 0 bridgehead atoms. The average Bonchev–Trinajstić information content (AvgIpc) is 2.13. The molecule has 0 N–H and O–H groups in total. The maximum Gasteiger partial charge on any atom is 0.125 e. The molecule has 3 heteroatoms. The zero-order chi connectivity index (χ0) is 13.5. The van der Waals surface area contributed by atoms with Crippen molar-refractivity contribution in [1.29, 1.82) is 0 Å². The van der Waals surface area contributed by atoms with Crippen LogP contribution in [-0.2, 0) is 4.57 Å². The minimum Gasteiger partial charge on any atom is -0.318 e. The summed E-state index contributed by atoms with van der Waals surface area (Å²) in [5.41, 5.74) is 0.640. The largest absolute Gasteiger partial charge is 0.318 e. The second-order valence-electron chi connectivity index (χ2n) is 6.51. The van der Waals surface area contributed by atoms with Gasteiger partial charge in [-0.05, 0) is 0 Å². The fraction of sp³-hybridized carbons (Fsp3) is 0.571. The Bertz CT molecular complexity index is 434. The van der Waals surface area contributed by atoms with Crippen LogP contribution in [0.3, 0.4) is 0 Å². The van der Waals surface area contributed by atoms with E-state index in [1.54, 1.807) is 0 Å². The molecule has 0 aliphatic heterocycles. The molecule has 92 valence electrons. The molecule has 0 aliphatic rings. The van der Waals surface area contributed by atoms with Gasteiger partial charge in [0.1, 0.15) is 15.0 Å². The van der Waals surface area contributed by atoms with Crippen molar-refractivity contribution in [2.75, 3.05) is 0 Å². The second kappa shape index (κ2) is 4.32. The first-order chi connectivity index (χ1) is 7.52. The zero-order valence-corrected chi connectivity index (χ0v) is 12.6. The van der Waals surface area contributed by atoms with E-state index in [0.717, 1.165) is 5.30 Å². The van der Waals surface area contributed by atoms with Crippen LogP contribution in [0.15, 0.2) is 24.3 Å². The second-order valence-corrected chi connectivity index (χ2v) is 10.9.